The first-order valence-electron chi connectivity index (χ1n) is 7.63. The molecular formula is C13H20N2O9P2S. The highest BCUT2D eigenvalue weighted by Crippen LogP contribution is 2.51. The van der Waals surface area contributed by atoms with Crippen LogP contribution in [0.1, 0.15) is 12.5 Å². The Kier molecular flexibility index (Phi) is 7.12. The number of methoxy groups -OCH3 is 1. The van der Waals surface area contributed by atoms with E-state index >= 15 is 0 Å². The van der Waals surface area contributed by atoms with E-state index in [4.69, 9.17) is 35.4 Å². The molecule has 2 rings (SSSR count). The number of rotatable bonds is 7. The van der Waals surface area contributed by atoms with Crippen LogP contribution in [-0.2, 0) is 30.2 Å². The second-order valence-corrected chi connectivity index (χ2v) is 10.2. The van der Waals surface area contributed by atoms with Gasteiger partial charge >= 0.3 is 20.0 Å². The summed E-state index contributed by atoms with van der Waals surface area (Å²) < 4.78 is 28.0. The number of aromatic amines is 1. The molecule has 1 saturated carbocycles. The van der Waals surface area contributed by atoms with Gasteiger partial charge in [-0.1, -0.05) is 6.08 Å². The molecule has 2 unspecified atom stereocenters. The van der Waals surface area contributed by atoms with Crippen molar-refractivity contribution in [2.24, 2.45) is 5.92 Å². The van der Waals surface area contributed by atoms with E-state index in [0.717, 1.165) is 11.9 Å². The summed E-state index contributed by atoms with van der Waals surface area (Å²) in [5.41, 5.74) is -1.30. The third-order valence-corrected chi connectivity index (χ3v) is 6.37. The maximum Gasteiger partial charge on any atom is 0.348 e. The average molecular weight is 442 g/mol. The summed E-state index contributed by atoms with van der Waals surface area (Å²) >= 11 is 4.88. The summed E-state index contributed by atoms with van der Waals surface area (Å²) in [6, 6.07) is 0.403. The molecule has 0 radical (unpaired) electrons. The normalized spacial score (nSPS) is 28.5. The van der Waals surface area contributed by atoms with Gasteiger partial charge in [-0.2, -0.15) is 0 Å². The van der Waals surface area contributed by atoms with Gasteiger partial charge in [-0.05, 0) is 18.2 Å². The van der Waals surface area contributed by atoms with Gasteiger partial charge in [0.2, 0.25) is 0 Å². The van der Waals surface area contributed by atoms with E-state index in [-0.39, 0.29) is 6.42 Å². The van der Waals surface area contributed by atoms with Gasteiger partial charge in [0.25, 0.3) is 5.56 Å². The second-order valence-electron chi connectivity index (χ2n) is 5.84. The van der Waals surface area contributed by atoms with E-state index in [2.05, 4.69) is 4.98 Å². The zero-order valence-corrected chi connectivity index (χ0v) is 17.0. The van der Waals surface area contributed by atoms with Crippen molar-refractivity contribution in [3.8, 4) is 0 Å². The molecule has 0 aliphatic heterocycles. The topological polar surface area (TPSA) is 160 Å². The number of nitrogens with one attached hydrogen (secondary N) is 1. The molecule has 1 aromatic rings. The van der Waals surface area contributed by atoms with Crippen LogP contribution in [-0.4, -0.2) is 50.7 Å². The van der Waals surface area contributed by atoms with E-state index < -0.39 is 49.7 Å². The molecule has 0 spiro atoms. The van der Waals surface area contributed by atoms with Crippen molar-refractivity contribution in [2.75, 3.05) is 14.2 Å². The van der Waals surface area contributed by atoms with Crippen LogP contribution in [0, 0.1) is 5.92 Å². The predicted molar refractivity (Wildman–Crippen MR) is 98.8 cm³/mol. The minimum Gasteiger partial charge on any atom is -0.378 e. The molecule has 0 amide bonds. The van der Waals surface area contributed by atoms with Gasteiger partial charge in [0.1, 0.15) is 6.10 Å². The number of nitrogens with zero attached hydrogens (tertiary/aromatic N) is 1. The lowest BCUT2D eigenvalue weighted by molar-refractivity contribution is -0.0108. The number of ether oxygens (including phenoxy) is 1. The van der Waals surface area contributed by atoms with Crippen molar-refractivity contribution in [1.82, 2.24) is 9.55 Å². The first-order valence-corrected chi connectivity index (χ1v) is 11.9. The zero-order valence-electron chi connectivity index (χ0n) is 14.4. The second kappa shape index (κ2) is 8.60. The van der Waals surface area contributed by atoms with Crippen molar-refractivity contribution in [1.29, 1.82) is 0 Å². The molecule has 14 heteroatoms. The van der Waals surface area contributed by atoms with Crippen molar-refractivity contribution in [3.05, 3.63) is 45.0 Å². The zero-order chi connectivity index (χ0) is 20.4. The lowest BCUT2D eigenvalue weighted by Crippen LogP contribution is -2.38. The molecule has 1 heterocycles. The fourth-order valence-electron chi connectivity index (χ4n) is 3.02. The van der Waals surface area contributed by atoms with Crippen LogP contribution in [0.5, 0.6) is 0 Å². The van der Waals surface area contributed by atoms with E-state index in [1.807, 2.05) is 0 Å². The quantitative estimate of drug-likeness (QED) is 0.425. The van der Waals surface area contributed by atoms with E-state index in [1.165, 1.54) is 31.1 Å². The van der Waals surface area contributed by atoms with E-state index in [9.17, 15) is 19.0 Å². The van der Waals surface area contributed by atoms with Gasteiger partial charge in [-0.3, -0.25) is 18.9 Å². The summed E-state index contributed by atoms with van der Waals surface area (Å²) in [5, 5.41) is 0. The molecule has 0 bridgehead atoms. The molecule has 27 heavy (non-hydrogen) atoms. The van der Waals surface area contributed by atoms with Crippen molar-refractivity contribution in [3.63, 3.8) is 0 Å². The van der Waals surface area contributed by atoms with Gasteiger partial charge in [0.05, 0.1) is 12.1 Å². The minimum absolute atomic E-state index is 0.171. The Morgan fingerprint density at radius 3 is 2.48 bits per heavy atom. The molecular weight excluding hydrogens is 422 g/mol. The molecule has 11 nitrogen and oxygen atoms in total. The summed E-state index contributed by atoms with van der Waals surface area (Å²) in [7, 11) is -1.89. The van der Waals surface area contributed by atoms with Gasteiger partial charge in [-0.25, -0.2) is 4.79 Å². The number of H-pyrrole nitrogens is 1. The van der Waals surface area contributed by atoms with Crippen molar-refractivity contribution >= 4 is 26.1 Å². The van der Waals surface area contributed by atoms with Crippen LogP contribution >= 0.6 is 14.3 Å². The van der Waals surface area contributed by atoms with Gasteiger partial charge in [0, 0.05) is 38.2 Å². The third kappa shape index (κ3) is 5.77. The molecule has 4 N–H and O–H groups in total. The first kappa shape index (κ1) is 22.4. The SMILES string of the molecule is CO[C@@H]1[C@@H](/C=C/P(=O)(O)O)CC(n2ccc(=O)[nH]c2=O)[C@@H]1OP(O)(=S)OC. The van der Waals surface area contributed by atoms with Crippen LogP contribution in [0.2, 0.25) is 0 Å². The molecule has 1 aliphatic rings. The highest BCUT2D eigenvalue weighted by molar-refractivity contribution is 8.07. The van der Waals surface area contributed by atoms with Gasteiger partial charge in [0.15, 0.2) is 0 Å². The Morgan fingerprint density at radius 2 is 1.96 bits per heavy atom. The summed E-state index contributed by atoms with van der Waals surface area (Å²) in [6.45, 7) is -3.65. The van der Waals surface area contributed by atoms with Crippen molar-refractivity contribution < 1.29 is 33.0 Å². The number of hydrogen-bond acceptors (Lipinski definition) is 7. The molecule has 0 aromatic carbocycles. The predicted octanol–water partition coefficient (Wildman–Crippen LogP) is 0.0524. The van der Waals surface area contributed by atoms with Crippen LogP contribution in [0.25, 0.3) is 0 Å². The minimum atomic E-state index is -4.41. The Morgan fingerprint density at radius 1 is 1.30 bits per heavy atom. The van der Waals surface area contributed by atoms with Crippen LogP contribution < -0.4 is 11.2 Å². The summed E-state index contributed by atoms with van der Waals surface area (Å²) in [5.74, 6) is 0.174. The Bertz CT molecular complexity index is 908. The highest BCUT2D eigenvalue weighted by atomic mass is 32.5. The number of aromatic nitrogens is 2. The molecule has 152 valence electrons. The maximum absolute atomic E-state index is 12.2. The fraction of sp³-hybridized carbons (Fsp3) is 0.538. The molecule has 5 atom stereocenters. The third-order valence-electron chi connectivity index (χ3n) is 4.13. The van der Waals surface area contributed by atoms with Gasteiger partial charge in [-0.15, -0.1) is 0 Å². The Balaban J connectivity index is 2.48. The fourth-order valence-corrected chi connectivity index (χ4v) is 4.41. The molecule has 1 aliphatic carbocycles. The smallest absolute Gasteiger partial charge is 0.348 e. The molecule has 0 saturated heterocycles. The summed E-state index contributed by atoms with van der Waals surface area (Å²) in [4.78, 5) is 53.8. The van der Waals surface area contributed by atoms with Crippen LogP contribution in [0.15, 0.2) is 33.7 Å². The van der Waals surface area contributed by atoms with Crippen LogP contribution in [0.3, 0.4) is 0 Å². The van der Waals surface area contributed by atoms with E-state index in [1.54, 1.807) is 0 Å². The van der Waals surface area contributed by atoms with E-state index in [0.29, 0.717) is 0 Å². The van der Waals surface area contributed by atoms with Crippen molar-refractivity contribution in [2.45, 2.75) is 24.7 Å². The molecule has 1 fully saturated rings. The highest BCUT2D eigenvalue weighted by Gasteiger charge is 2.47. The first-order chi connectivity index (χ1) is 12.5. The maximum atomic E-state index is 12.2. The monoisotopic (exact) mass is 442 g/mol. The Hall–Kier alpha value is -0.940. The standard InChI is InChI=1S/C13H20N2O9P2S/c1-22-11-8(4-6-25(18,19)20)7-9(12(11)24-26(21,27)23-2)15-5-3-10(16)14-13(15)17/h3-6,8-9,11-12H,7H2,1-2H3,(H,21,27)(H,14,16,17)(H2,18,19,20)/b6-4+/t8-,9?,11+,12-,26?/m0/s1. The number of hydrogen-bond donors (Lipinski definition) is 4. The lowest BCUT2D eigenvalue weighted by Gasteiger charge is -2.28. The lowest BCUT2D eigenvalue weighted by atomic mass is 10.1. The average Bonchev–Trinajstić information content (AvgIpc) is 2.89. The van der Waals surface area contributed by atoms with Crippen LogP contribution in [0.4, 0.5) is 0 Å². The molecule has 1 aromatic heterocycles. The summed E-state index contributed by atoms with van der Waals surface area (Å²) in [6.07, 6.45) is 0.944. The largest absolute Gasteiger partial charge is 0.378 e. The Labute approximate surface area is 159 Å². The van der Waals surface area contributed by atoms with Gasteiger partial charge < -0.3 is 28.5 Å².